The Morgan fingerprint density at radius 1 is 1.00 bits per heavy atom. The Hall–Kier alpha value is -3.24. The molecule has 2 aromatic carbocycles. The maximum absolute atomic E-state index is 6.24. The second-order valence-electron chi connectivity index (χ2n) is 6.47. The van der Waals surface area contributed by atoms with Gasteiger partial charge in [-0.3, -0.25) is 4.40 Å². The van der Waals surface area contributed by atoms with Crippen LogP contribution in [0.3, 0.4) is 0 Å². The molecule has 3 heterocycles. The first kappa shape index (κ1) is 16.0. The van der Waals surface area contributed by atoms with Crippen molar-refractivity contribution in [1.29, 1.82) is 0 Å². The van der Waals surface area contributed by atoms with Crippen molar-refractivity contribution >= 4 is 34.0 Å². The van der Waals surface area contributed by atoms with E-state index in [0.29, 0.717) is 5.02 Å². The number of benzene rings is 2. The lowest BCUT2D eigenvalue weighted by atomic mass is 10.1. The Balaban J connectivity index is 1.66. The maximum atomic E-state index is 6.24. The zero-order valence-electron chi connectivity index (χ0n) is 14.5. The van der Waals surface area contributed by atoms with Crippen molar-refractivity contribution in [3.05, 3.63) is 89.7 Å². The molecule has 0 spiro atoms. The number of pyridine rings is 1. The molecule has 0 amide bonds. The molecule has 0 aliphatic heterocycles. The molecule has 0 saturated heterocycles. The van der Waals surface area contributed by atoms with Crippen LogP contribution in [0.4, 0.5) is 5.82 Å². The van der Waals surface area contributed by atoms with Crippen LogP contribution in [0.15, 0.2) is 79.1 Å². The number of hydrogen-bond donors (Lipinski definition) is 2. The smallest absolute Gasteiger partial charge is 0.139 e. The van der Waals surface area contributed by atoms with E-state index >= 15 is 0 Å². The third-order valence-electron chi connectivity index (χ3n) is 4.73. The number of anilines is 1. The molecule has 2 N–H and O–H groups in total. The van der Waals surface area contributed by atoms with Gasteiger partial charge in [0.25, 0.3) is 0 Å². The quantitative estimate of drug-likeness (QED) is 0.422. The van der Waals surface area contributed by atoms with Gasteiger partial charge in [-0.1, -0.05) is 48.0 Å². The number of rotatable bonds is 4. The van der Waals surface area contributed by atoms with Gasteiger partial charge >= 0.3 is 0 Å². The first-order chi connectivity index (χ1) is 13.3. The molecule has 0 unspecified atom stereocenters. The Kier molecular flexibility index (Phi) is 3.84. The van der Waals surface area contributed by atoms with Gasteiger partial charge in [0.05, 0.1) is 0 Å². The molecule has 0 fully saturated rings. The number of H-pyrrole nitrogens is 1. The molecule has 0 aliphatic rings. The van der Waals surface area contributed by atoms with E-state index in [4.69, 9.17) is 16.6 Å². The zero-order chi connectivity index (χ0) is 18.2. The largest absolute Gasteiger partial charge is 0.365 e. The Morgan fingerprint density at radius 2 is 1.85 bits per heavy atom. The zero-order valence-corrected chi connectivity index (χ0v) is 15.2. The second-order valence-corrected chi connectivity index (χ2v) is 6.91. The number of nitrogens with zero attached hydrogens (tertiary/aromatic N) is 2. The van der Waals surface area contributed by atoms with E-state index in [1.165, 1.54) is 5.56 Å². The van der Waals surface area contributed by atoms with Crippen molar-refractivity contribution in [3.8, 4) is 11.3 Å². The molecule has 0 bridgehead atoms. The summed E-state index contributed by atoms with van der Waals surface area (Å²) in [7, 11) is 0. The molecule has 27 heavy (non-hydrogen) atoms. The van der Waals surface area contributed by atoms with Crippen LogP contribution in [-0.2, 0) is 6.54 Å². The summed E-state index contributed by atoms with van der Waals surface area (Å²) in [5, 5.41) is 5.35. The van der Waals surface area contributed by atoms with Crippen LogP contribution in [0.25, 0.3) is 27.8 Å². The highest BCUT2D eigenvalue weighted by Gasteiger charge is 2.17. The Bertz CT molecular complexity index is 1240. The fourth-order valence-electron chi connectivity index (χ4n) is 3.42. The number of hydrogen-bond acceptors (Lipinski definition) is 2. The minimum atomic E-state index is 0.714. The van der Waals surface area contributed by atoms with Gasteiger partial charge in [-0.2, -0.15) is 0 Å². The summed E-state index contributed by atoms with van der Waals surface area (Å²) >= 11 is 6.24. The van der Waals surface area contributed by atoms with E-state index in [9.17, 15) is 0 Å². The lowest BCUT2D eigenvalue weighted by Gasteiger charge is -2.09. The summed E-state index contributed by atoms with van der Waals surface area (Å²) in [6.07, 6.45) is 4.03. The van der Waals surface area contributed by atoms with Crippen molar-refractivity contribution in [1.82, 2.24) is 14.4 Å². The molecule has 132 valence electrons. The standard InChI is InChI=1S/C22H17ClN4/c23-16-9-10-19-17(12-16)18(14-24-19)21-22(25-13-15-6-2-1-3-7-15)27-11-5-4-8-20(27)26-21/h1-12,14,24-25H,13H2. The van der Waals surface area contributed by atoms with Gasteiger partial charge in [0.1, 0.15) is 17.2 Å². The SMILES string of the molecule is Clc1ccc2[nH]cc(-c3nc4ccccn4c3NCc3ccccc3)c2c1. The van der Waals surface area contributed by atoms with Gasteiger partial charge in [-0.25, -0.2) is 4.98 Å². The molecule has 3 aromatic heterocycles. The first-order valence-electron chi connectivity index (χ1n) is 8.81. The van der Waals surface area contributed by atoms with Crippen molar-refractivity contribution < 1.29 is 0 Å². The molecule has 5 aromatic rings. The summed E-state index contributed by atoms with van der Waals surface area (Å²) in [4.78, 5) is 8.21. The van der Waals surface area contributed by atoms with Crippen molar-refractivity contribution in [2.45, 2.75) is 6.54 Å². The maximum Gasteiger partial charge on any atom is 0.139 e. The number of nitrogens with one attached hydrogen (secondary N) is 2. The third-order valence-corrected chi connectivity index (χ3v) is 4.97. The second kappa shape index (κ2) is 6.49. The van der Waals surface area contributed by atoms with E-state index in [-0.39, 0.29) is 0 Å². The summed E-state index contributed by atoms with van der Waals surface area (Å²) in [6.45, 7) is 0.722. The number of halogens is 1. The van der Waals surface area contributed by atoms with Crippen LogP contribution < -0.4 is 5.32 Å². The lowest BCUT2D eigenvalue weighted by Crippen LogP contribution is -2.03. The lowest BCUT2D eigenvalue weighted by molar-refractivity contribution is 1.08. The molecular formula is C22H17ClN4. The fraction of sp³-hybridized carbons (Fsp3) is 0.0455. The number of fused-ring (bicyclic) bond motifs is 2. The summed E-state index contributed by atoms with van der Waals surface area (Å²) < 4.78 is 2.08. The molecule has 0 aliphatic carbocycles. The van der Waals surface area contributed by atoms with Gasteiger partial charge < -0.3 is 10.3 Å². The normalized spacial score (nSPS) is 11.3. The Labute approximate surface area is 161 Å². The molecular weight excluding hydrogens is 356 g/mol. The average Bonchev–Trinajstić information content (AvgIpc) is 3.27. The van der Waals surface area contributed by atoms with Gasteiger partial charge in [0.2, 0.25) is 0 Å². The molecule has 5 heteroatoms. The minimum Gasteiger partial charge on any atom is -0.365 e. The molecule has 4 nitrogen and oxygen atoms in total. The highest BCUT2D eigenvalue weighted by atomic mass is 35.5. The van der Waals surface area contributed by atoms with Crippen molar-refractivity contribution in [3.63, 3.8) is 0 Å². The van der Waals surface area contributed by atoms with E-state index < -0.39 is 0 Å². The predicted octanol–water partition coefficient (Wildman–Crippen LogP) is 5.75. The number of aromatic amines is 1. The fourth-order valence-corrected chi connectivity index (χ4v) is 3.60. The van der Waals surface area contributed by atoms with Crippen LogP contribution in [0.5, 0.6) is 0 Å². The molecule has 0 radical (unpaired) electrons. The van der Waals surface area contributed by atoms with Crippen LogP contribution in [0.1, 0.15) is 5.56 Å². The van der Waals surface area contributed by atoms with Crippen molar-refractivity contribution in [2.75, 3.05) is 5.32 Å². The van der Waals surface area contributed by atoms with Gasteiger partial charge in [-0.05, 0) is 35.9 Å². The van der Waals surface area contributed by atoms with Gasteiger partial charge in [-0.15, -0.1) is 0 Å². The van der Waals surface area contributed by atoms with Crippen LogP contribution in [-0.4, -0.2) is 14.4 Å². The monoisotopic (exact) mass is 372 g/mol. The topological polar surface area (TPSA) is 45.1 Å². The number of imidazole rings is 1. The van der Waals surface area contributed by atoms with Crippen LogP contribution in [0.2, 0.25) is 5.02 Å². The summed E-state index contributed by atoms with van der Waals surface area (Å²) in [5.41, 5.74) is 5.11. The average molecular weight is 373 g/mol. The third kappa shape index (κ3) is 2.84. The first-order valence-corrected chi connectivity index (χ1v) is 9.19. The highest BCUT2D eigenvalue weighted by molar-refractivity contribution is 6.31. The van der Waals surface area contributed by atoms with E-state index in [1.807, 2.05) is 67.0 Å². The molecule has 0 atom stereocenters. The minimum absolute atomic E-state index is 0.714. The van der Waals surface area contributed by atoms with E-state index in [1.54, 1.807) is 0 Å². The van der Waals surface area contributed by atoms with Gasteiger partial charge in [0.15, 0.2) is 0 Å². The highest BCUT2D eigenvalue weighted by Crippen LogP contribution is 2.35. The summed E-state index contributed by atoms with van der Waals surface area (Å²) in [6, 6.07) is 22.2. The van der Waals surface area contributed by atoms with E-state index in [2.05, 4.69) is 26.8 Å². The predicted molar refractivity (Wildman–Crippen MR) is 111 cm³/mol. The van der Waals surface area contributed by atoms with Gasteiger partial charge in [0, 0.05) is 40.4 Å². The van der Waals surface area contributed by atoms with E-state index in [0.717, 1.165) is 40.2 Å². The van der Waals surface area contributed by atoms with Crippen LogP contribution in [0, 0.1) is 0 Å². The Morgan fingerprint density at radius 3 is 2.74 bits per heavy atom. The molecule has 5 rings (SSSR count). The summed E-state index contributed by atoms with van der Waals surface area (Å²) in [5.74, 6) is 0.968. The number of aromatic nitrogens is 3. The van der Waals surface area contributed by atoms with Crippen LogP contribution >= 0.6 is 11.6 Å². The van der Waals surface area contributed by atoms with Crippen molar-refractivity contribution in [2.24, 2.45) is 0 Å². The molecule has 0 saturated carbocycles.